The van der Waals surface area contributed by atoms with Crippen LogP contribution < -0.4 is 0 Å². The van der Waals surface area contributed by atoms with Crippen molar-refractivity contribution in [2.24, 2.45) is 0 Å². The molecular weight excluding hydrogens is 304 g/mol. The van der Waals surface area contributed by atoms with E-state index in [1.54, 1.807) is 0 Å². The van der Waals surface area contributed by atoms with Crippen LogP contribution in [0.25, 0.3) is 0 Å². The topological polar surface area (TPSA) is 0 Å². The summed E-state index contributed by atoms with van der Waals surface area (Å²) in [7, 11) is 0. The maximum Gasteiger partial charge on any atom is 0.0195 e. The molecule has 92 valence electrons. The number of fused-ring (bicyclic) bond motifs is 1. The lowest BCUT2D eigenvalue weighted by atomic mass is 9.92. The van der Waals surface area contributed by atoms with Crippen molar-refractivity contribution in [3.63, 3.8) is 0 Å². The standard InChI is InChI=1S/C16H15BrS/c1-2-11-3-5-12(6-4-11)15-10-18-16-8-7-13(17)9-14(15)16/h3-9,15H,2,10H2,1H3. The first-order chi connectivity index (χ1) is 8.78. The summed E-state index contributed by atoms with van der Waals surface area (Å²) in [4.78, 5) is 1.43. The van der Waals surface area contributed by atoms with Gasteiger partial charge in [-0.05, 0) is 41.3 Å². The SMILES string of the molecule is CCc1ccc(C2CSc3ccc(Br)cc32)cc1. The van der Waals surface area contributed by atoms with Crippen LogP contribution in [0.2, 0.25) is 0 Å². The van der Waals surface area contributed by atoms with Gasteiger partial charge in [-0.15, -0.1) is 11.8 Å². The summed E-state index contributed by atoms with van der Waals surface area (Å²) in [5.74, 6) is 1.71. The van der Waals surface area contributed by atoms with E-state index in [0.29, 0.717) is 5.92 Å². The Morgan fingerprint density at radius 3 is 2.67 bits per heavy atom. The van der Waals surface area contributed by atoms with E-state index in [1.165, 1.54) is 26.1 Å². The first kappa shape index (κ1) is 12.3. The number of halogens is 1. The van der Waals surface area contributed by atoms with E-state index in [-0.39, 0.29) is 0 Å². The number of hydrogen-bond acceptors (Lipinski definition) is 1. The van der Waals surface area contributed by atoms with E-state index in [4.69, 9.17) is 0 Å². The molecule has 3 rings (SSSR count). The second-order valence-electron chi connectivity index (χ2n) is 4.64. The van der Waals surface area contributed by atoms with Crippen LogP contribution >= 0.6 is 27.7 Å². The molecule has 0 bridgehead atoms. The number of aryl methyl sites for hydroxylation is 1. The average Bonchev–Trinajstić information content (AvgIpc) is 2.82. The van der Waals surface area contributed by atoms with Crippen LogP contribution in [0, 0.1) is 0 Å². The molecule has 1 heterocycles. The third-order valence-corrected chi connectivity index (χ3v) is 5.22. The molecule has 18 heavy (non-hydrogen) atoms. The molecular formula is C16H15BrS. The van der Waals surface area contributed by atoms with Crippen LogP contribution in [0.4, 0.5) is 0 Å². The molecule has 2 heteroatoms. The van der Waals surface area contributed by atoms with E-state index >= 15 is 0 Å². The van der Waals surface area contributed by atoms with E-state index in [1.807, 2.05) is 11.8 Å². The van der Waals surface area contributed by atoms with Crippen molar-refractivity contribution >= 4 is 27.7 Å². The van der Waals surface area contributed by atoms with E-state index in [9.17, 15) is 0 Å². The molecule has 0 aliphatic carbocycles. The molecule has 2 aromatic carbocycles. The lowest BCUT2D eigenvalue weighted by Gasteiger charge is -2.12. The Bertz CT molecular complexity index is 560. The minimum atomic E-state index is 0.549. The normalized spacial score (nSPS) is 17.8. The predicted molar refractivity (Wildman–Crippen MR) is 82.5 cm³/mol. The van der Waals surface area contributed by atoms with Gasteiger partial charge in [0.1, 0.15) is 0 Å². The number of hydrogen-bond donors (Lipinski definition) is 0. The first-order valence-electron chi connectivity index (χ1n) is 6.29. The Balaban J connectivity index is 1.97. The molecule has 1 aliphatic heterocycles. The Kier molecular flexibility index (Phi) is 3.49. The minimum Gasteiger partial charge on any atom is -0.125 e. The molecule has 0 spiro atoms. The summed E-state index contributed by atoms with van der Waals surface area (Å²) in [6.07, 6.45) is 1.11. The molecule has 1 atom stereocenters. The summed E-state index contributed by atoms with van der Waals surface area (Å²) >= 11 is 5.55. The first-order valence-corrected chi connectivity index (χ1v) is 8.07. The van der Waals surface area contributed by atoms with Crippen LogP contribution in [0.3, 0.4) is 0 Å². The highest BCUT2D eigenvalue weighted by Crippen LogP contribution is 2.44. The number of thioether (sulfide) groups is 1. The van der Waals surface area contributed by atoms with E-state index in [0.717, 1.165) is 12.2 Å². The van der Waals surface area contributed by atoms with Crippen LogP contribution in [-0.2, 0) is 6.42 Å². The highest BCUT2D eigenvalue weighted by molar-refractivity contribution is 9.10. The van der Waals surface area contributed by atoms with Crippen molar-refractivity contribution < 1.29 is 0 Å². The minimum absolute atomic E-state index is 0.549. The highest BCUT2D eigenvalue weighted by Gasteiger charge is 2.24. The molecule has 0 fully saturated rings. The highest BCUT2D eigenvalue weighted by atomic mass is 79.9. The molecule has 2 aromatic rings. The van der Waals surface area contributed by atoms with Gasteiger partial charge in [0.05, 0.1) is 0 Å². The van der Waals surface area contributed by atoms with Gasteiger partial charge in [0.2, 0.25) is 0 Å². The van der Waals surface area contributed by atoms with Crippen molar-refractivity contribution in [1.29, 1.82) is 0 Å². The van der Waals surface area contributed by atoms with Gasteiger partial charge in [-0.25, -0.2) is 0 Å². The smallest absolute Gasteiger partial charge is 0.0195 e. The molecule has 0 saturated heterocycles. The third-order valence-electron chi connectivity index (χ3n) is 3.54. The van der Waals surface area contributed by atoms with Crippen molar-refractivity contribution in [3.05, 3.63) is 63.6 Å². The maximum absolute atomic E-state index is 3.58. The van der Waals surface area contributed by atoms with Crippen molar-refractivity contribution in [1.82, 2.24) is 0 Å². The summed E-state index contributed by atoms with van der Waals surface area (Å²) in [5.41, 5.74) is 4.33. The fraction of sp³-hybridized carbons (Fsp3) is 0.250. The summed E-state index contributed by atoms with van der Waals surface area (Å²) in [6, 6.07) is 15.7. The van der Waals surface area contributed by atoms with E-state index < -0.39 is 0 Å². The molecule has 0 nitrogen and oxygen atoms in total. The predicted octanol–water partition coefficient (Wildman–Crippen LogP) is 5.25. The third kappa shape index (κ3) is 2.24. The zero-order chi connectivity index (χ0) is 12.5. The van der Waals surface area contributed by atoms with Crippen LogP contribution in [-0.4, -0.2) is 5.75 Å². The van der Waals surface area contributed by atoms with Gasteiger partial charge < -0.3 is 0 Å². The van der Waals surface area contributed by atoms with Crippen molar-refractivity contribution in [2.75, 3.05) is 5.75 Å². The van der Waals surface area contributed by atoms with E-state index in [2.05, 4.69) is 65.3 Å². The number of benzene rings is 2. The Morgan fingerprint density at radius 1 is 1.17 bits per heavy atom. The second kappa shape index (κ2) is 5.10. The Labute approximate surface area is 121 Å². The fourth-order valence-corrected chi connectivity index (χ4v) is 4.08. The van der Waals surface area contributed by atoms with Gasteiger partial charge >= 0.3 is 0 Å². The maximum atomic E-state index is 3.58. The van der Waals surface area contributed by atoms with Gasteiger partial charge in [-0.1, -0.05) is 47.1 Å². The molecule has 0 N–H and O–H groups in total. The molecule has 0 aromatic heterocycles. The van der Waals surface area contributed by atoms with Crippen molar-refractivity contribution in [2.45, 2.75) is 24.2 Å². The van der Waals surface area contributed by atoms with Gasteiger partial charge in [-0.2, -0.15) is 0 Å². The summed E-state index contributed by atoms with van der Waals surface area (Å²) in [5, 5.41) is 0. The zero-order valence-corrected chi connectivity index (χ0v) is 12.7. The monoisotopic (exact) mass is 318 g/mol. The lowest BCUT2D eigenvalue weighted by molar-refractivity contribution is 0.933. The molecule has 0 amide bonds. The van der Waals surface area contributed by atoms with Gasteiger partial charge in [0.25, 0.3) is 0 Å². The Morgan fingerprint density at radius 2 is 1.94 bits per heavy atom. The Hall–Kier alpha value is -0.730. The van der Waals surface area contributed by atoms with Crippen LogP contribution in [0.1, 0.15) is 29.5 Å². The van der Waals surface area contributed by atoms with Crippen LogP contribution in [0.5, 0.6) is 0 Å². The fourth-order valence-electron chi connectivity index (χ4n) is 2.45. The van der Waals surface area contributed by atoms with Gasteiger partial charge in [0.15, 0.2) is 0 Å². The molecule has 0 radical (unpaired) electrons. The number of rotatable bonds is 2. The van der Waals surface area contributed by atoms with Gasteiger partial charge in [-0.3, -0.25) is 0 Å². The summed E-state index contributed by atoms with van der Waals surface area (Å²) in [6.45, 7) is 2.20. The largest absolute Gasteiger partial charge is 0.125 e. The zero-order valence-electron chi connectivity index (χ0n) is 10.3. The molecule has 1 aliphatic rings. The quantitative estimate of drug-likeness (QED) is 0.728. The average molecular weight is 319 g/mol. The molecule has 0 saturated carbocycles. The summed E-state index contributed by atoms with van der Waals surface area (Å²) < 4.78 is 1.18. The van der Waals surface area contributed by atoms with Crippen molar-refractivity contribution in [3.8, 4) is 0 Å². The van der Waals surface area contributed by atoms with Crippen LogP contribution in [0.15, 0.2) is 51.8 Å². The second-order valence-corrected chi connectivity index (χ2v) is 6.62. The lowest BCUT2D eigenvalue weighted by Crippen LogP contribution is -1.99. The van der Waals surface area contributed by atoms with Gasteiger partial charge in [0, 0.05) is 21.0 Å². The molecule has 1 unspecified atom stereocenters.